The maximum atomic E-state index is 11.9. The zero-order valence-corrected chi connectivity index (χ0v) is 13.3. The van der Waals surface area contributed by atoms with Gasteiger partial charge in [-0.25, -0.2) is 13.1 Å². The molecule has 0 saturated heterocycles. The van der Waals surface area contributed by atoms with Gasteiger partial charge in [0.2, 0.25) is 10.0 Å². The molecular weight excluding hydrogens is 272 g/mol. The lowest BCUT2D eigenvalue weighted by atomic mass is 9.87. The van der Waals surface area contributed by atoms with Gasteiger partial charge in [-0.1, -0.05) is 27.2 Å². The molecule has 5 heteroatoms. The molecule has 1 unspecified atom stereocenters. The number of benzene rings is 1. The lowest BCUT2D eigenvalue weighted by Gasteiger charge is -2.28. The Hall–Kier alpha value is -1.07. The average Bonchev–Trinajstić information content (AvgIpc) is 2.69. The number of hydrogen-bond acceptors (Lipinski definition) is 3. The van der Waals surface area contributed by atoms with Crippen LogP contribution in [0.3, 0.4) is 0 Å². The summed E-state index contributed by atoms with van der Waals surface area (Å²) in [5.74, 6) is 0. The van der Waals surface area contributed by atoms with E-state index in [-0.39, 0.29) is 0 Å². The van der Waals surface area contributed by atoms with E-state index in [2.05, 4.69) is 23.9 Å². The Bertz CT molecular complexity index is 550. The molecule has 0 heterocycles. The highest BCUT2D eigenvalue weighted by Crippen LogP contribution is 2.39. The first-order chi connectivity index (χ1) is 9.35. The van der Waals surface area contributed by atoms with Crippen molar-refractivity contribution in [2.75, 3.05) is 11.9 Å². The minimum atomic E-state index is -3.35. The molecule has 0 radical (unpaired) electrons. The van der Waals surface area contributed by atoms with Crippen molar-refractivity contribution in [2.24, 2.45) is 5.41 Å². The first kappa shape index (κ1) is 15.3. The van der Waals surface area contributed by atoms with Gasteiger partial charge in [0.15, 0.2) is 0 Å². The number of rotatable bonds is 5. The second-order valence-corrected chi connectivity index (χ2v) is 7.87. The van der Waals surface area contributed by atoms with Gasteiger partial charge >= 0.3 is 0 Å². The molecule has 0 aromatic heterocycles. The van der Waals surface area contributed by atoms with Crippen molar-refractivity contribution < 1.29 is 8.42 Å². The second-order valence-electron chi connectivity index (χ2n) is 6.10. The Kier molecular flexibility index (Phi) is 4.39. The topological polar surface area (TPSA) is 58.2 Å². The number of sulfonamides is 1. The van der Waals surface area contributed by atoms with Crippen LogP contribution >= 0.6 is 0 Å². The SMILES string of the molecule is CCNS(=O)(=O)c1ccc(NC2CCCC2(C)C)cc1. The van der Waals surface area contributed by atoms with Crippen molar-refractivity contribution >= 4 is 15.7 Å². The maximum Gasteiger partial charge on any atom is 0.240 e. The Labute approximate surface area is 122 Å². The molecule has 0 aliphatic heterocycles. The zero-order chi connectivity index (χ0) is 14.8. The van der Waals surface area contributed by atoms with Gasteiger partial charge in [-0.3, -0.25) is 0 Å². The van der Waals surface area contributed by atoms with E-state index in [1.54, 1.807) is 19.1 Å². The van der Waals surface area contributed by atoms with Crippen molar-refractivity contribution in [3.63, 3.8) is 0 Å². The summed E-state index contributed by atoms with van der Waals surface area (Å²) < 4.78 is 26.2. The predicted octanol–water partition coefficient (Wildman–Crippen LogP) is 2.98. The molecule has 1 saturated carbocycles. The van der Waals surface area contributed by atoms with Crippen molar-refractivity contribution in [1.29, 1.82) is 0 Å². The van der Waals surface area contributed by atoms with E-state index in [1.165, 1.54) is 19.3 Å². The van der Waals surface area contributed by atoms with Gasteiger partial charge in [-0.05, 0) is 42.5 Å². The fourth-order valence-corrected chi connectivity index (χ4v) is 3.84. The number of hydrogen-bond donors (Lipinski definition) is 2. The van der Waals surface area contributed by atoms with Crippen molar-refractivity contribution in [2.45, 2.75) is 51.0 Å². The molecule has 0 spiro atoms. The molecule has 1 aliphatic carbocycles. The molecule has 2 N–H and O–H groups in total. The van der Waals surface area contributed by atoms with Gasteiger partial charge in [0, 0.05) is 18.3 Å². The third-order valence-corrected chi connectivity index (χ3v) is 5.66. The van der Waals surface area contributed by atoms with Gasteiger partial charge in [-0.2, -0.15) is 0 Å². The molecule has 1 atom stereocenters. The average molecular weight is 296 g/mol. The molecule has 1 aromatic carbocycles. The van der Waals surface area contributed by atoms with Gasteiger partial charge in [-0.15, -0.1) is 0 Å². The van der Waals surface area contributed by atoms with E-state index in [4.69, 9.17) is 0 Å². The molecule has 2 rings (SSSR count). The van der Waals surface area contributed by atoms with Crippen molar-refractivity contribution in [3.8, 4) is 0 Å². The summed E-state index contributed by atoms with van der Waals surface area (Å²) in [6, 6.07) is 7.46. The highest BCUT2D eigenvalue weighted by atomic mass is 32.2. The van der Waals surface area contributed by atoms with Crippen molar-refractivity contribution in [1.82, 2.24) is 4.72 Å². The van der Waals surface area contributed by atoms with E-state index < -0.39 is 10.0 Å². The molecule has 0 amide bonds. The summed E-state index contributed by atoms with van der Waals surface area (Å²) in [5, 5.41) is 3.53. The van der Waals surface area contributed by atoms with Gasteiger partial charge in [0.25, 0.3) is 0 Å². The fraction of sp³-hybridized carbons (Fsp3) is 0.600. The molecule has 20 heavy (non-hydrogen) atoms. The third kappa shape index (κ3) is 3.33. The first-order valence-corrected chi connectivity index (χ1v) is 8.70. The van der Waals surface area contributed by atoms with Gasteiger partial charge in [0.05, 0.1) is 4.90 Å². The van der Waals surface area contributed by atoms with Gasteiger partial charge in [0.1, 0.15) is 0 Å². The highest BCUT2D eigenvalue weighted by Gasteiger charge is 2.34. The van der Waals surface area contributed by atoms with E-state index in [0.717, 1.165) is 5.69 Å². The minimum absolute atomic E-state index is 0.300. The lowest BCUT2D eigenvalue weighted by molar-refractivity contribution is 0.350. The maximum absolute atomic E-state index is 11.9. The Balaban J connectivity index is 2.09. The largest absolute Gasteiger partial charge is 0.382 e. The quantitative estimate of drug-likeness (QED) is 0.878. The molecule has 1 aromatic rings. The standard InChI is InChI=1S/C15H24N2O2S/c1-4-16-20(18,19)13-9-7-12(8-10-13)17-14-6-5-11-15(14,2)3/h7-10,14,16-17H,4-6,11H2,1-3H3. The van der Waals surface area contributed by atoms with Crippen LogP contribution in [0.1, 0.15) is 40.0 Å². The summed E-state index contributed by atoms with van der Waals surface area (Å²) in [4.78, 5) is 0.315. The zero-order valence-electron chi connectivity index (χ0n) is 12.4. The fourth-order valence-electron chi connectivity index (χ4n) is 2.80. The van der Waals surface area contributed by atoms with Crippen molar-refractivity contribution in [3.05, 3.63) is 24.3 Å². The minimum Gasteiger partial charge on any atom is -0.382 e. The van der Waals surface area contributed by atoms with E-state index >= 15 is 0 Å². The Morgan fingerprint density at radius 2 is 1.90 bits per heavy atom. The summed E-state index contributed by atoms with van der Waals surface area (Å²) in [7, 11) is -3.35. The summed E-state index contributed by atoms with van der Waals surface area (Å²) in [5.41, 5.74) is 1.29. The number of nitrogens with one attached hydrogen (secondary N) is 2. The van der Waals surface area contributed by atoms with Crippen LogP contribution in [0.4, 0.5) is 5.69 Å². The third-order valence-electron chi connectivity index (χ3n) is 4.10. The number of anilines is 1. The summed E-state index contributed by atoms with van der Waals surface area (Å²) in [6.45, 7) is 6.73. The van der Waals surface area contributed by atoms with Crippen LogP contribution < -0.4 is 10.0 Å². The van der Waals surface area contributed by atoms with Crippen LogP contribution in [0.5, 0.6) is 0 Å². The van der Waals surface area contributed by atoms with Crippen LogP contribution in [0, 0.1) is 5.41 Å². The van der Waals surface area contributed by atoms with Crippen LogP contribution in [0.15, 0.2) is 29.2 Å². The molecule has 112 valence electrons. The van der Waals surface area contributed by atoms with E-state index in [0.29, 0.717) is 22.9 Å². The van der Waals surface area contributed by atoms with E-state index in [9.17, 15) is 8.42 Å². The molecule has 1 fully saturated rings. The molecular formula is C15H24N2O2S. The smallest absolute Gasteiger partial charge is 0.240 e. The van der Waals surface area contributed by atoms with Crippen LogP contribution in [-0.4, -0.2) is 21.0 Å². The second kappa shape index (κ2) is 5.74. The lowest BCUT2D eigenvalue weighted by Crippen LogP contribution is -2.30. The van der Waals surface area contributed by atoms with Crippen LogP contribution in [-0.2, 0) is 10.0 Å². The molecule has 1 aliphatic rings. The Morgan fingerprint density at radius 3 is 2.40 bits per heavy atom. The van der Waals surface area contributed by atoms with Crippen LogP contribution in [0.2, 0.25) is 0 Å². The Morgan fingerprint density at radius 1 is 1.25 bits per heavy atom. The summed E-state index contributed by atoms with van der Waals surface area (Å²) in [6.07, 6.45) is 3.65. The highest BCUT2D eigenvalue weighted by molar-refractivity contribution is 7.89. The normalized spacial score (nSPS) is 21.9. The molecule has 0 bridgehead atoms. The monoisotopic (exact) mass is 296 g/mol. The molecule has 4 nitrogen and oxygen atoms in total. The summed E-state index contributed by atoms with van der Waals surface area (Å²) >= 11 is 0. The van der Waals surface area contributed by atoms with E-state index in [1.807, 2.05) is 12.1 Å². The predicted molar refractivity (Wildman–Crippen MR) is 82.3 cm³/mol. The first-order valence-electron chi connectivity index (χ1n) is 7.21. The van der Waals surface area contributed by atoms with Crippen LogP contribution in [0.25, 0.3) is 0 Å². The van der Waals surface area contributed by atoms with Gasteiger partial charge < -0.3 is 5.32 Å².